The Morgan fingerprint density at radius 3 is 2.25 bits per heavy atom. The summed E-state index contributed by atoms with van der Waals surface area (Å²) in [5, 5.41) is 0. The van der Waals surface area contributed by atoms with Crippen LogP contribution in [-0.4, -0.2) is 29.8 Å². The van der Waals surface area contributed by atoms with Crippen LogP contribution in [0.5, 0.6) is 0 Å². The molecule has 2 heteroatoms. The lowest BCUT2D eigenvalue weighted by molar-refractivity contribution is -0.120. The average molecular weight is 171 g/mol. The minimum Gasteiger partial charge on any atom is -0.298 e. The highest BCUT2D eigenvalue weighted by molar-refractivity contribution is 5.80. The van der Waals surface area contributed by atoms with Gasteiger partial charge in [-0.15, -0.1) is 0 Å². The molecule has 0 aliphatic rings. The van der Waals surface area contributed by atoms with Crippen LogP contribution >= 0.6 is 0 Å². The number of hydrogen-bond acceptors (Lipinski definition) is 2. The minimum atomic E-state index is 0.345. The molecule has 0 spiro atoms. The van der Waals surface area contributed by atoms with E-state index in [0.29, 0.717) is 24.8 Å². The van der Waals surface area contributed by atoms with Crippen LogP contribution in [-0.2, 0) is 4.79 Å². The first-order valence-corrected chi connectivity index (χ1v) is 4.91. The Balaban J connectivity index is 3.90. The van der Waals surface area contributed by atoms with Crippen molar-refractivity contribution in [3.05, 3.63) is 0 Å². The summed E-state index contributed by atoms with van der Waals surface area (Å²) in [4.78, 5) is 13.4. The van der Waals surface area contributed by atoms with E-state index < -0.39 is 0 Å². The molecule has 0 aromatic carbocycles. The predicted molar refractivity (Wildman–Crippen MR) is 52.3 cm³/mol. The van der Waals surface area contributed by atoms with Gasteiger partial charge in [-0.3, -0.25) is 9.69 Å². The largest absolute Gasteiger partial charge is 0.298 e. The Hall–Kier alpha value is -0.370. The fourth-order valence-electron chi connectivity index (χ4n) is 1.18. The topological polar surface area (TPSA) is 20.3 Å². The molecule has 0 amide bonds. The molecule has 0 fully saturated rings. The van der Waals surface area contributed by atoms with Gasteiger partial charge in [-0.25, -0.2) is 0 Å². The number of ketones is 1. The summed E-state index contributed by atoms with van der Waals surface area (Å²) in [6.07, 6.45) is 1.78. The van der Waals surface area contributed by atoms with E-state index in [0.717, 1.165) is 13.0 Å². The zero-order chi connectivity index (χ0) is 9.56. The smallest absolute Gasteiger partial charge is 0.146 e. The predicted octanol–water partition coefficient (Wildman–Crippen LogP) is 2.09. The van der Waals surface area contributed by atoms with Crippen molar-refractivity contribution in [3.63, 3.8) is 0 Å². The van der Waals surface area contributed by atoms with Gasteiger partial charge in [0.25, 0.3) is 0 Å². The summed E-state index contributed by atoms with van der Waals surface area (Å²) in [7, 11) is 0. The molecule has 1 unspecified atom stereocenters. The third kappa shape index (κ3) is 3.86. The molecule has 1 atom stereocenters. The number of rotatable bonds is 6. The molecule has 0 aliphatic heterocycles. The number of carbonyl (C=O) groups excluding carboxylic acids is 1. The molecule has 0 aromatic heterocycles. The molecule has 72 valence electrons. The third-order valence-corrected chi connectivity index (χ3v) is 2.39. The SMILES string of the molecule is CCC(=O)CN(CC)C(C)CC. The summed E-state index contributed by atoms with van der Waals surface area (Å²) in [5.41, 5.74) is 0. The van der Waals surface area contributed by atoms with Gasteiger partial charge < -0.3 is 0 Å². The fourth-order valence-corrected chi connectivity index (χ4v) is 1.18. The lowest BCUT2D eigenvalue weighted by Gasteiger charge is -2.25. The van der Waals surface area contributed by atoms with E-state index in [1.807, 2.05) is 6.92 Å². The maximum absolute atomic E-state index is 11.2. The van der Waals surface area contributed by atoms with Gasteiger partial charge in [-0.1, -0.05) is 20.8 Å². The third-order valence-electron chi connectivity index (χ3n) is 2.39. The molecule has 0 bridgehead atoms. The first-order chi connectivity index (χ1) is 5.65. The normalized spacial score (nSPS) is 13.4. The molecule has 0 saturated heterocycles. The van der Waals surface area contributed by atoms with Gasteiger partial charge in [-0.05, 0) is 19.9 Å². The highest BCUT2D eigenvalue weighted by Gasteiger charge is 2.12. The zero-order valence-electron chi connectivity index (χ0n) is 8.76. The number of likely N-dealkylation sites (N-methyl/N-ethyl adjacent to an activating group) is 1. The van der Waals surface area contributed by atoms with Crippen molar-refractivity contribution in [2.45, 2.75) is 46.6 Å². The van der Waals surface area contributed by atoms with Crippen LogP contribution in [0, 0.1) is 0 Å². The van der Waals surface area contributed by atoms with E-state index in [4.69, 9.17) is 0 Å². The maximum Gasteiger partial charge on any atom is 0.146 e. The Kier molecular flexibility index (Phi) is 5.99. The minimum absolute atomic E-state index is 0.345. The van der Waals surface area contributed by atoms with Gasteiger partial charge in [0.2, 0.25) is 0 Å². The second-order valence-electron chi connectivity index (χ2n) is 3.21. The van der Waals surface area contributed by atoms with Gasteiger partial charge in [-0.2, -0.15) is 0 Å². The Morgan fingerprint density at radius 1 is 1.33 bits per heavy atom. The number of nitrogens with zero attached hydrogens (tertiary/aromatic N) is 1. The number of Topliss-reactive ketones (excluding diaryl/α,β-unsaturated/α-hetero) is 1. The van der Waals surface area contributed by atoms with Gasteiger partial charge in [0.05, 0.1) is 6.54 Å². The van der Waals surface area contributed by atoms with Gasteiger partial charge in [0.1, 0.15) is 5.78 Å². The van der Waals surface area contributed by atoms with Crippen LogP contribution in [0.1, 0.15) is 40.5 Å². The van der Waals surface area contributed by atoms with Crippen molar-refractivity contribution >= 4 is 5.78 Å². The monoisotopic (exact) mass is 171 g/mol. The molecular weight excluding hydrogens is 150 g/mol. The average Bonchev–Trinajstić information content (AvgIpc) is 2.12. The van der Waals surface area contributed by atoms with E-state index >= 15 is 0 Å². The van der Waals surface area contributed by atoms with Crippen LogP contribution in [0.15, 0.2) is 0 Å². The molecule has 12 heavy (non-hydrogen) atoms. The van der Waals surface area contributed by atoms with Crippen LogP contribution in [0.2, 0.25) is 0 Å². The first-order valence-electron chi connectivity index (χ1n) is 4.91. The second-order valence-corrected chi connectivity index (χ2v) is 3.21. The molecular formula is C10H21NO. The molecule has 0 rings (SSSR count). The summed E-state index contributed by atoms with van der Waals surface area (Å²) < 4.78 is 0. The summed E-state index contributed by atoms with van der Waals surface area (Å²) >= 11 is 0. The van der Waals surface area contributed by atoms with Crippen molar-refractivity contribution in [1.82, 2.24) is 4.90 Å². The first kappa shape index (κ1) is 11.6. The highest BCUT2D eigenvalue weighted by atomic mass is 16.1. The Labute approximate surface area is 75.9 Å². The number of hydrogen-bond donors (Lipinski definition) is 0. The standard InChI is InChI=1S/C10H21NO/c1-5-9(4)11(7-3)8-10(12)6-2/h9H,5-8H2,1-4H3. The Morgan fingerprint density at radius 2 is 1.92 bits per heavy atom. The van der Waals surface area contributed by atoms with E-state index in [1.54, 1.807) is 0 Å². The van der Waals surface area contributed by atoms with Gasteiger partial charge >= 0.3 is 0 Å². The molecule has 0 aliphatic carbocycles. The molecule has 0 radical (unpaired) electrons. The lowest BCUT2D eigenvalue weighted by atomic mass is 10.2. The van der Waals surface area contributed by atoms with Crippen molar-refractivity contribution < 1.29 is 4.79 Å². The number of carbonyl (C=O) groups is 1. The van der Waals surface area contributed by atoms with Crippen molar-refractivity contribution in [2.75, 3.05) is 13.1 Å². The van der Waals surface area contributed by atoms with Crippen LogP contribution in [0.4, 0.5) is 0 Å². The van der Waals surface area contributed by atoms with E-state index in [-0.39, 0.29) is 0 Å². The van der Waals surface area contributed by atoms with E-state index in [1.165, 1.54) is 0 Å². The quantitative estimate of drug-likeness (QED) is 0.610. The summed E-state index contributed by atoms with van der Waals surface area (Å²) in [6.45, 7) is 9.96. The zero-order valence-corrected chi connectivity index (χ0v) is 8.76. The van der Waals surface area contributed by atoms with Crippen LogP contribution in [0.3, 0.4) is 0 Å². The van der Waals surface area contributed by atoms with Gasteiger partial charge in [0, 0.05) is 12.5 Å². The van der Waals surface area contributed by atoms with Crippen molar-refractivity contribution in [2.24, 2.45) is 0 Å². The molecule has 0 saturated carbocycles. The van der Waals surface area contributed by atoms with Crippen molar-refractivity contribution in [3.8, 4) is 0 Å². The van der Waals surface area contributed by atoms with Crippen molar-refractivity contribution in [1.29, 1.82) is 0 Å². The lowest BCUT2D eigenvalue weighted by Crippen LogP contribution is -2.36. The van der Waals surface area contributed by atoms with E-state index in [2.05, 4.69) is 25.7 Å². The molecule has 0 N–H and O–H groups in total. The van der Waals surface area contributed by atoms with E-state index in [9.17, 15) is 4.79 Å². The molecule has 0 aromatic rings. The summed E-state index contributed by atoms with van der Waals surface area (Å²) in [5.74, 6) is 0.345. The fraction of sp³-hybridized carbons (Fsp3) is 0.900. The molecule has 2 nitrogen and oxygen atoms in total. The van der Waals surface area contributed by atoms with Gasteiger partial charge in [0.15, 0.2) is 0 Å². The molecule has 0 heterocycles. The van der Waals surface area contributed by atoms with Crippen LogP contribution in [0.25, 0.3) is 0 Å². The maximum atomic E-state index is 11.2. The highest BCUT2D eigenvalue weighted by Crippen LogP contribution is 2.02. The Bertz CT molecular complexity index is 134. The van der Waals surface area contributed by atoms with Crippen LogP contribution < -0.4 is 0 Å². The summed E-state index contributed by atoms with van der Waals surface area (Å²) in [6, 6.07) is 0.533. The second kappa shape index (κ2) is 6.18.